The van der Waals surface area contributed by atoms with Crippen molar-refractivity contribution in [3.05, 3.63) is 47.8 Å². The number of benzene rings is 2. The van der Waals surface area contributed by atoms with Crippen LogP contribution >= 0.6 is 0 Å². The van der Waals surface area contributed by atoms with Gasteiger partial charge in [-0.3, -0.25) is 0 Å². The quantitative estimate of drug-likeness (QED) is 0.572. The second kappa shape index (κ2) is 9.53. The molecule has 0 saturated carbocycles. The van der Waals surface area contributed by atoms with Gasteiger partial charge in [0.2, 0.25) is 0 Å². The first-order chi connectivity index (χ1) is 17.1. The molecular formula is C28H35N5O2. The average Bonchev–Trinajstić information content (AvgIpc) is 3.14. The molecular weight excluding hydrogens is 438 g/mol. The monoisotopic (exact) mass is 473 g/mol. The first-order valence-electron chi connectivity index (χ1n) is 13.1. The molecule has 2 N–H and O–H groups in total. The summed E-state index contributed by atoms with van der Waals surface area (Å²) in [5.74, 6) is 3.40. The molecule has 184 valence electrons. The van der Waals surface area contributed by atoms with Gasteiger partial charge < -0.3 is 24.8 Å². The number of nitrogens with zero attached hydrogens (tertiary/aromatic N) is 3. The fraction of sp³-hybridized carbons (Fsp3) is 0.500. The Balaban J connectivity index is 1.15. The Hall–Kier alpha value is -3.06. The lowest BCUT2D eigenvalue weighted by Gasteiger charge is -2.39. The minimum Gasteiger partial charge on any atom is -0.491 e. The van der Waals surface area contributed by atoms with Gasteiger partial charge in [-0.25, -0.2) is 9.78 Å². The molecule has 4 heterocycles. The van der Waals surface area contributed by atoms with Gasteiger partial charge in [0.05, 0.1) is 24.1 Å². The summed E-state index contributed by atoms with van der Waals surface area (Å²) in [6, 6.07) is 12.8. The maximum atomic E-state index is 13.5. The van der Waals surface area contributed by atoms with Gasteiger partial charge in [-0.05, 0) is 92.9 Å². The molecule has 0 atom stereocenters. The Morgan fingerprint density at radius 3 is 2.51 bits per heavy atom. The summed E-state index contributed by atoms with van der Waals surface area (Å²) < 4.78 is 6.04. The maximum absolute atomic E-state index is 13.5. The number of likely N-dealkylation sites (tertiary alicyclic amines) is 1. The smallest absolute Gasteiger partial charge is 0.320 e. The highest BCUT2D eigenvalue weighted by Gasteiger charge is 2.31. The van der Waals surface area contributed by atoms with Gasteiger partial charge in [0.25, 0.3) is 0 Å². The van der Waals surface area contributed by atoms with Gasteiger partial charge >= 0.3 is 6.03 Å². The lowest BCUT2D eigenvalue weighted by Crippen LogP contribution is -2.48. The van der Waals surface area contributed by atoms with Crippen molar-refractivity contribution in [2.24, 2.45) is 11.8 Å². The molecule has 1 aromatic heterocycles. The van der Waals surface area contributed by atoms with E-state index in [2.05, 4.69) is 50.5 Å². The van der Waals surface area contributed by atoms with Crippen molar-refractivity contribution in [2.45, 2.75) is 39.2 Å². The molecule has 2 saturated heterocycles. The molecule has 0 spiro atoms. The van der Waals surface area contributed by atoms with E-state index >= 15 is 0 Å². The van der Waals surface area contributed by atoms with Gasteiger partial charge in [0.15, 0.2) is 0 Å². The number of urea groups is 1. The number of ether oxygens (including phenoxy) is 1. The molecule has 7 nitrogen and oxygen atoms in total. The van der Waals surface area contributed by atoms with E-state index in [0.29, 0.717) is 19.7 Å². The summed E-state index contributed by atoms with van der Waals surface area (Å²) in [6.45, 7) is 7.76. The molecule has 3 aliphatic rings. The van der Waals surface area contributed by atoms with Crippen LogP contribution in [0.5, 0.6) is 5.75 Å². The molecule has 2 fully saturated rings. The van der Waals surface area contributed by atoms with Crippen LogP contribution in [0.25, 0.3) is 22.2 Å². The lowest BCUT2D eigenvalue weighted by atomic mass is 9.79. The Morgan fingerprint density at radius 2 is 1.69 bits per heavy atom. The fourth-order valence-electron chi connectivity index (χ4n) is 6.13. The van der Waals surface area contributed by atoms with Crippen LogP contribution in [0, 0.1) is 18.8 Å². The van der Waals surface area contributed by atoms with Gasteiger partial charge in [-0.2, -0.15) is 0 Å². The highest BCUT2D eigenvalue weighted by atomic mass is 16.5. The predicted molar refractivity (Wildman–Crippen MR) is 137 cm³/mol. The molecule has 0 radical (unpaired) electrons. The molecule has 6 rings (SSSR count). The van der Waals surface area contributed by atoms with Crippen molar-refractivity contribution in [3.63, 3.8) is 0 Å². The van der Waals surface area contributed by atoms with Gasteiger partial charge in [-0.1, -0.05) is 12.1 Å². The summed E-state index contributed by atoms with van der Waals surface area (Å²) in [5.41, 5.74) is 5.34. The van der Waals surface area contributed by atoms with Crippen molar-refractivity contribution in [1.29, 1.82) is 0 Å². The van der Waals surface area contributed by atoms with Crippen molar-refractivity contribution in [2.75, 3.05) is 39.3 Å². The number of aromatic amines is 1. The number of amides is 2. The number of H-pyrrole nitrogens is 1. The SMILES string of the molecule is Cc1nc2ccc(-c3ccc4c(c3)CN(C(=O)N3CCC(C5CCNCC5)CC3)CCO4)cc2[nH]1. The Kier molecular flexibility index (Phi) is 6.10. The third-order valence-electron chi connectivity index (χ3n) is 8.11. The topological polar surface area (TPSA) is 73.5 Å². The fourth-order valence-corrected chi connectivity index (χ4v) is 6.13. The van der Waals surface area contributed by atoms with Crippen LogP contribution in [0.15, 0.2) is 36.4 Å². The number of carbonyl (C=O) groups is 1. The minimum atomic E-state index is 0.157. The van der Waals surface area contributed by atoms with Crippen LogP contribution in [0.3, 0.4) is 0 Å². The van der Waals surface area contributed by atoms with Crippen LogP contribution < -0.4 is 10.1 Å². The van der Waals surface area contributed by atoms with Crippen molar-refractivity contribution in [3.8, 4) is 16.9 Å². The number of aryl methyl sites for hydroxylation is 1. The second-order valence-corrected chi connectivity index (χ2v) is 10.3. The summed E-state index contributed by atoms with van der Waals surface area (Å²) in [5, 5.41) is 3.47. The van der Waals surface area contributed by atoms with E-state index in [4.69, 9.17) is 4.74 Å². The highest BCUT2D eigenvalue weighted by molar-refractivity contribution is 5.82. The van der Waals surface area contributed by atoms with Gasteiger partial charge in [0.1, 0.15) is 18.2 Å². The van der Waals surface area contributed by atoms with Crippen molar-refractivity contribution < 1.29 is 9.53 Å². The van der Waals surface area contributed by atoms with Crippen LogP contribution in [0.4, 0.5) is 4.79 Å². The number of piperidine rings is 2. The molecule has 2 aromatic carbocycles. The predicted octanol–water partition coefficient (Wildman–Crippen LogP) is 4.56. The minimum absolute atomic E-state index is 0.157. The normalized spacial score (nSPS) is 19.9. The van der Waals surface area contributed by atoms with Crippen molar-refractivity contribution in [1.82, 2.24) is 25.1 Å². The third-order valence-corrected chi connectivity index (χ3v) is 8.11. The van der Waals surface area contributed by atoms with Crippen LogP contribution in [-0.4, -0.2) is 65.1 Å². The molecule has 3 aromatic rings. The molecule has 35 heavy (non-hydrogen) atoms. The van der Waals surface area contributed by atoms with E-state index in [-0.39, 0.29) is 6.03 Å². The first kappa shape index (κ1) is 22.4. The number of hydrogen-bond acceptors (Lipinski definition) is 4. The Morgan fingerprint density at radius 1 is 0.943 bits per heavy atom. The van der Waals surface area contributed by atoms with E-state index in [0.717, 1.165) is 90.2 Å². The van der Waals surface area contributed by atoms with Crippen LogP contribution in [-0.2, 0) is 6.54 Å². The number of hydrogen-bond donors (Lipinski definition) is 2. The van der Waals surface area contributed by atoms with Crippen molar-refractivity contribution >= 4 is 17.1 Å². The lowest BCUT2D eigenvalue weighted by molar-refractivity contribution is 0.109. The van der Waals surface area contributed by atoms with Gasteiger partial charge in [-0.15, -0.1) is 0 Å². The first-order valence-corrected chi connectivity index (χ1v) is 13.1. The molecule has 7 heteroatoms. The zero-order valence-corrected chi connectivity index (χ0v) is 20.6. The van der Waals surface area contributed by atoms with E-state index in [1.54, 1.807) is 0 Å². The molecule has 3 aliphatic heterocycles. The zero-order chi connectivity index (χ0) is 23.8. The summed E-state index contributed by atoms with van der Waals surface area (Å²) in [4.78, 5) is 25.4. The Labute approximate surface area is 206 Å². The maximum Gasteiger partial charge on any atom is 0.320 e. The van der Waals surface area contributed by atoms with E-state index in [1.807, 2.05) is 17.9 Å². The molecule has 0 aliphatic carbocycles. The molecule has 0 unspecified atom stereocenters. The summed E-state index contributed by atoms with van der Waals surface area (Å²) in [7, 11) is 0. The van der Waals surface area contributed by atoms with Gasteiger partial charge in [0, 0.05) is 18.7 Å². The largest absolute Gasteiger partial charge is 0.491 e. The zero-order valence-electron chi connectivity index (χ0n) is 20.6. The molecule has 2 amide bonds. The Bertz CT molecular complexity index is 1210. The molecule has 0 bridgehead atoms. The summed E-state index contributed by atoms with van der Waals surface area (Å²) >= 11 is 0. The van der Waals surface area contributed by atoms with E-state index in [1.165, 1.54) is 12.8 Å². The number of aromatic nitrogens is 2. The van der Waals surface area contributed by atoms with E-state index in [9.17, 15) is 4.79 Å². The number of rotatable bonds is 2. The third kappa shape index (κ3) is 4.61. The van der Waals surface area contributed by atoms with Crippen LogP contribution in [0.2, 0.25) is 0 Å². The number of fused-ring (bicyclic) bond motifs is 2. The highest BCUT2D eigenvalue weighted by Crippen LogP contribution is 2.33. The summed E-state index contributed by atoms with van der Waals surface area (Å²) in [6.07, 6.45) is 4.84. The van der Waals surface area contributed by atoms with Crippen LogP contribution in [0.1, 0.15) is 37.1 Å². The average molecular weight is 474 g/mol. The van der Waals surface area contributed by atoms with E-state index < -0.39 is 0 Å². The standard InChI is InChI=1S/C28H35N5O2/c1-19-30-25-4-2-23(17-26(25)31-19)22-3-5-27-24(16-22)18-33(14-15-35-27)28(34)32-12-8-21(9-13-32)20-6-10-29-11-7-20/h2-5,16-17,20-21,29H,6-15,18H2,1H3,(H,30,31). The number of carbonyl (C=O) groups excluding carboxylic acids is 1. The number of imidazole rings is 1. The second-order valence-electron chi connectivity index (χ2n) is 10.3. The number of nitrogens with one attached hydrogen (secondary N) is 2.